The minimum absolute atomic E-state index is 0.104. The van der Waals surface area contributed by atoms with E-state index >= 15 is 0 Å². The van der Waals surface area contributed by atoms with Crippen LogP contribution in [0, 0.1) is 23.2 Å². The van der Waals surface area contributed by atoms with Crippen molar-refractivity contribution in [2.24, 2.45) is 11.8 Å². The molecule has 1 amide bonds. The molecule has 5 heteroatoms. The minimum Gasteiger partial charge on any atom is -0.396 e. The molecule has 0 radical (unpaired) electrons. The molecule has 19 heavy (non-hydrogen) atoms. The third-order valence-electron chi connectivity index (χ3n) is 3.77. The molecule has 0 saturated carbocycles. The minimum atomic E-state index is -0.121. The van der Waals surface area contributed by atoms with Gasteiger partial charge in [0.25, 0.3) is 0 Å². The van der Waals surface area contributed by atoms with Gasteiger partial charge in [0.1, 0.15) is 0 Å². The number of aliphatic hydroxyl groups is 1. The van der Waals surface area contributed by atoms with Crippen molar-refractivity contribution < 1.29 is 9.90 Å². The molecule has 5 nitrogen and oxygen atoms in total. The summed E-state index contributed by atoms with van der Waals surface area (Å²) in [6.45, 7) is 7.39. The summed E-state index contributed by atoms with van der Waals surface area (Å²) < 4.78 is 0. The first kappa shape index (κ1) is 15.9. The molecule has 0 aliphatic carbocycles. The summed E-state index contributed by atoms with van der Waals surface area (Å²) >= 11 is 0. The van der Waals surface area contributed by atoms with Crippen LogP contribution in [-0.2, 0) is 4.79 Å². The standard InChI is InChI=1S/C14H25N3O2/c1-3-17(9-12(2)8-15)14(19)10-16-6-4-13(11-18)5-7-16/h12-13,18H,3-7,9-11H2,1-2H3. The van der Waals surface area contributed by atoms with Crippen molar-refractivity contribution in [2.45, 2.75) is 26.7 Å². The third-order valence-corrected chi connectivity index (χ3v) is 3.77. The normalized spacial score (nSPS) is 18.8. The van der Waals surface area contributed by atoms with Crippen LogP contribution in [0.3, 0.4) is 0 Å². The number of likely N-dealkylation sites (N-methyl/N-ethyl adjacent to an activating group) is 1. The Morgan fingerprint density at radius 1 is 1.53 bits per heavy atom. The third kappa shape index (κ3) is 5.17. The smallest absolute Gasteiger partial charge is 0.236 e. The Kier molecular flexibility index (Phi) is 6.82. The number of rotatable bonds is 6. The van der Waals surface area contributed by atoms with E-state index in [4.69, 9.17) is 10.4 Å². The van der Waals surface area contributed by atoms with Crippen molar-refractivity contribution in [3.05, 3.63) is 0 Å². The Hall–Kier alpha value is -1.12. The van der Waals surface area contributed by atoms with Crippen LogP contribution in [0.4, 0.5) is 0 Å². The van der Waals surface area contributed by atoms with Crippen molar-refractivity contribution in [1.29, 1.82) is 5.26 Å². The fraction of sp³-hybridized carbons (Fsp3) is 0.857. The number of amides is 1. The maximum absolute atomic E-state index is 12.2. The molecule has 0 aromatic rings. The predicted octanol–water partition coefficient (Wildman–Crippen LogP) is 0.699. The van der Waals surface area contributed by atoms with Gasteiger partial charge < -0.3 is 10.0 Å². The number of carbonyl (C=O) groups excluding carboxylic acids is 1. The fourth-order valence-corrected chi connectivity index (χ4v) is 2.40. The summed E-state index contributed by atoms with van der Waals surface area (Å²) in [4.78, 5) is 16.1. The second-order valence-corrected chi connectivity index (χ2v) is 5.36. The summed E-state index contributed by atoms with van der Waals surface area (Å²) in [5.41, 5.74) is 0. The average Bonchev–Trinajstić information content (AvgIpc) is 2.45. The molecule has 1 unspecified atom stereocenters. The second-order valence-electron chi connectivity index (χ2n) is 5.36. The van der Waals surface area contributed by atoms with Gasteiger partial charge in [0, 0.05) is 19.7 Å². The van der Waals surface area contributed by atoms with E-state index in [-0.39, 0.29) is 18.4 Å². The van der Waals surface area contributed by atoms with E-state index in [0.717, 1.165) is 25.9 Å². The zero-order valence-corrected chi connectivity index (χ0v) is 12.0. The van der Waals surface area contributed by atoms with Gasteiger partial charge in [-0.2, -0.15) is 5.26 Å². The Morgan fingerprint density at radius 2 is 2.16 bits per heavy atom. The van der Waals surface area contributed by atoms with Crippen LogP contribution < -0.4 is 0 Å². The van der Waals surface area contributed by atoms with Gasteiger partial charge in [0.15, 0.2) is 0 Å². The molecule has 0 bridgehead atoms. The topological polar surface area (TPSA) is 67.6 Å². The van der Waals surface area contributed by atoms with Gasteiger partial charge in [-0.25, -0.2) is 0 Å². The number of likely N-dealkylation sites (tertiary alicyclic amines) is 1. The Labute approximate surface area is 115 Å². The van der Waals surface area contributed by atoms with E-state index in [1.807, 2.05) is 13.8 Å². The molecular weight excluding hydrogens is 242 g/mol. The molecular formula is C14H25N3O2. The summed E-state index contributed by atoms with van der Waals surface area (Å²) in [7, 11) is 0. The molecule has 1 rings (SSSR count). The highest BCUT2D eigenvalue weighted by Gasteiger charge is 2.22. The molecule has 1 atom stereocenters. The van der Waals surface area contributed by atoms with Gasteiger partial charge in [0.2, 0.25) is 5.91 Å². The largest absolute Gasteiger partial charge is 0.396 e. The fourth-order valence-electron chi connectivity index (χ4n) is 2.40. The van der Waals surface area contributed by atoms with E-state index in [9.17, 15) is 4.79 Å². The number of carbonyl (C=O) groups is 1. The molecule has 108 valence electrons. The monoisotopic (exact) mass is 267 g/mol. The zero-order chi connectivity index (χ0) is 14.3. The number of nitrogens with zero attached hydrogens (tertiary/aromatic N) is 3. The van der Waals surface area contributed by atoms with Gasteiger partial charge in [0.05, 0.1) is 18.5 Å². The summed E-state index contributed by atoms with van der Waals surface area (Å²) in [5.74, 6) is 0.378. The van der Waals surface area contributed by atoms with Crippen LogP contribution in [0.2, 0.25) is 0 Å². The lowest BCUT2D eigenvalue weighted by Crippen LogP contribution is -2.44. The maximum Gasteiger partial charge on any atom is 0.236 e. The van der Waals surface area contributed by atoms with E-state index < -0.39 is 0 Å². The Morgan fingerprint density at radius 3 is 2.63 bits per heavy atom. The van der Waals surface area contributed by atoms with Crippen LogP contribution in [-0.4, -0.2) is 60.1 Å². The first-order chi connectivity index (χ1) is 9.10. The van der Waals surface area contributed by atoms with Gasteiger partial charge in [-0.05, 0) is 45.7 Å². The van der Waals surface area contributed by atoms with Crippen molar-refractivity contribution in [2.75, 3.05) is 39.3 Å². The van der Waals surface area contributed by atoms with Crippen LogP contribution >= 0.6 is 0 Å². The molecule has 1 heterocycles. The number of nitriles is 1. The lowest BCUT2D eigenvalue weighted by atomic mass is 9.98. The maximum atomic E-state index is 12.2. The van der Waals surface area contributed by atoms with Gasteiger partial charge in [-0.15, -0.1) is 0 Å². The van der Waals surface area contributed by atoms with Crippen LogP contribution in [0.15, 0.2) is 0 Å². The Bertz CT molecular complexity index is 319. The van der Waals surface area contributed by atoms with Crippen LogP contribution in [0.5, 0.6) is 0 Å². The van der Waals surface area contributed by atoms with Crippen LogP contribution in [0.1, 0.15) is 26.7 Å². The number of hydrogen-bond acceptors (Lipinski definition) is 4. The highest BCUT2D eigenvalue weighted by atomic mass is 16.3. The van der Waals surface area contributed by atoms with Gasteiger partial charge in [-0.3, -0.25) is 9.69 Å². The first-order valence-electron chi connectivity index (χ1n) is 7.11. The summed E-state index contributed by atoms with van der Waals surface area (Å²) in [6, 6.07) is 2.17. The van der Waals surface area contributed by atoms with Crippen molar-refractivity contribution in [1.82, 2.24) is 9.80 Å². The second kappa shape index (κ2) is 8.13. The van der Waals surface area contributed by atoms with Crippen molar-refractivity contribution in [3.8, 4) is 6.07 Å². The van der Waals surface area contributed by atoms with Crippen molar-refractivity contribution >= 4 is 5.91 Å². The number of aliphatic hydroxyl groups excluding tert-OH is 1. The quantitative estimate of drug-likeness (QED) is 0.769. The highest BCUT2D eigenvalue weighted by molar-refractivity contribution is 5.78. The molecule has 0 aromatic carbocycles. The van der Waals surface area contributed by atoms with Crippen molar-refractivity contribution in [3.63, 3.8) is 0 Å². The number of hydrogen-bond donors (Lipinski definition) is 1. The summed E-state index contributed by atoms with van der Waals surface area (Å²) in [6.07, 6.45) is 1.93. The Balaban J connectivity index is 2.39. The summed E-state index contributed by atoms with van der Waals surface area (Å²) in [5, 5.41) is 17.9. The van der Waals surface area contributed by atoms with E-state index in [2.05, 4.69) is 11.0 Å². The molecule has 0 aromatic heterocycles. The zero-order valence-electron chi connectivity index (χ0n) is 12.0. The molecule has 1 aliphatic rings. The predicted molar refractivity (Wildman–Crippen MR) is 73.3 cm³/mol. The lowest BCUT2D eigenvalue weighted by molar-refractivity contribution is -0.133. The van der Waals surface area contributed by atoms with E-state index in [1.54, 1.807) is 4.90 Å². The van der Waals surface area contributed by atoms with E-state index in [0.29, 0.717) is 25.6 Å². The molecule has 0 spiro atoms. The van der Waals surface area contributed by atoms with Crippen LogP contribution in [0.25, 0.3) is 0 Å². The number of piperidine rings is 1. The van der Waals surface area contributed by atoms with Gasteiger partial charge >= 0.3 is 0 Å². The first-order valence-corrected chi connectivity index (χ1v) is 7.11. The molecule has 1 N–H and O–H groups in total. The SMILES string of the molecule is CCN(CC(C)C#N)C(=O)CN1CCC(CO)CC1. The van der Waals surface area contributed by atoms with Gasteiger partial charge in [-0.1, -0.05) is 0 Å². The lowest BCUT2D eigenvalue weighted by Gasteiger charge is -2.32. The highest BCUT2D eigenvalue weighted by Crippen LogP contribution is 2.16. The van der Waals surface area contributed by atoms with E-state index in [1.165, 1.54) is 0 Å². The average molecular weight is 267 g/mol. The molecule has 1 aliphatic heterocycles. The molecule has 1 saturated heterocycles. The molecule has 1 fully saturated rings.